The van der Waals surface area contributed by atoms with Gasteiger partial charge in [-0.05, 0) is 25.7 Å². The maximum atomic E-state index is 11.6. The maximum Gasteiger partial charge on any atom is 0.229 e. The first-order valence-electron chi connectivity index (χ1n) is 10.2. The summed E-state index contributed by atoms with van der Waals surface area (Å²) in [7, 11) is 0. The summed E-state index contributed by atoms with van der Waals surface area (Å²) in [5.74, 6) is -0.387. The van der Waals surface area contributed by atoms with Gasteiger partial charge in [-0.15, -0.1) is 0 Å². The second-order valence-corrected chi connectivity index (χ2v) is 7.70. The van der Waals surface area contributed by atoms with Crippen molar-refractivity contribution >= 4 is 23.6 Å². The highest BCUT2D eigenvalue weighted by Crippen LogP contribution is 2.21. The zero-order valence-electron chi connectivity index (χ0n) is 15.7. The molecule has 6 heteroatoms. The summed E-state index contributed by atoms with van der Waals surface area (Å²) in [5.41, 5.74) is 0. The Kier molecular flexibility index (Phi) is 8.78. The topological polar surface area (TPSA) is 92.3 Å². The number of carbonyl (C=O) groups excluding carboxylic acids is 4. The van der Waals surface area contributed by atoms with Gasteiger partial charge in [0.15, 0.2) is 0 Å². The Labute approximate surface area is 155 Å². The lowest BCUT2D eigenvalue weighted by Crippen LogP contribution is -2.40. The average Bonchev–Trinajstić information content (AvgIpc) is 2.59. The molecular weight excluding hydrogens is 332 g/mol. The number of piperidine rings is 2. The zero-order valence-corrected chi connectivity index (χ0v) is 15.7. The van der Waals surface area contributed by atoms with Crippen LogP contribution in [0.2, 0.25) is 0 Å². The van der Waals surface area contributed by atoms with Crippen molar-refractivity contribution in [2.24, 2.45) is 11.8 Å². The molecule has 26 heavy (non-hydrogen) atoms. The van der Waals surface area contributed by atoms with Crippen LogP contribution in [0, 0.1) is 11.8 Å². The van der Waals surface area contributed by atoms with E-state index in [0.717, 1.165) is 38.5 Å². The number of hydrogen-bond acceptors (Lipinski definition) is 4. The normalized spacial score (nSPS) is 23.7. The quantitative estimate of drug-likeness (QED) is 0.435. The Morgan fingerprint density at radius 1 is 0.577 bits per heavy atom. The zero-order chi connectivity index (χ0) is 18.8. The SMILES string of the molecule is O=C1CCC(CCCCCCCCCCC2CCC(=O)NC2=O)C(=O)N1. The molecule has 2 unspecified atom stereocenters. The minimum Gasteiger partial charge on any atom is -0.296 e. The summed E-state index contributed by atoms with van der Waals surface area (Å²) in [6.07, 6.45) is 13.4. The molecule has 2 fully saturated rings. The first kappa shape index (κ1) is 20.6. The van der Waals surface area contributed by atoms with Crippen molar-refractivity contribution in [3.63, 3.8) is 0 Å². The predicted octanol–water partition coefficient (Wildman–Crippen LogP) is 2.99. The smallest absolute Gasteiger partial charge is 0.229 e. The van der Waals surface area contributed by atoms with E-state index in [9.17, 15) is 19.2 Å². The van der Waals surface area contributed by atoms with Crippen molar-refractivity contribution in [2.75, 3.05) is 0 Å². The second-order valence-electron chi connectivity index (χ2n) is 7.70. The summed E-state index contributed by atoms with van der Waals surface area (Å²) in [4.78, 5) is 45.5. The van der Waals surface area contributed by atoms with Crippen LogP contribution in [-0.4, -0.2) is 23.6 Å². The lowest BCUT2D eigenvalue weighted by Gasteiger charge is -2.20. The molecule has 0 spiro atoms. The molecule has 6 nitrogen and oxygen atoms in total. The first-order valence-corrected chi connectivity index (χ1v) is 10.2. The second kappa shape index (κ2) is 11.1. The summed E-state index contributed by atoms with van der Waals surface area (Å²) < 4.78 is 0. The Morgan fingerprint density at radius 3 is 1.27 bits per heavy atom. The number of imide groups is 2. The largest absolute Gasteiger partial charge is 0.296 e. The van der Waals surface area contributed by atoms with Gasteiger partial charge in [0.2, 0.25) is 23.6 Å². The first-order chi connectivity index (χ1) is 12.6. The van der Waals surface area contributed by atoms with Crippen LogP contribution in [0.3, 0.4) is 0 Å². The lowest BCUT2D eigenvalue weighted by atomic mass is 9.91. The van der Waals surface area contributed by atoms with E-state index < -0.39 is 0 Å². The summed E-state index contributed by atoms with van der Waals surface area (Å²) in [6.45, 7) is 0. The molecule has 2 rings (SSSR count). The Hall–Kier alpha value is -1.72. The van der Waals surface area contributed by atoms with E-state index in [2.05, 4.69) is 10.6 Å². The van der Waals surface area contributed by atoms with Crippen molar-refractivity contribution in [1.29, 1.82) is 0 Å². The number of rotatable bonds is 11. The highest BCUT2D eigenvalue weighted by molar-refractivity contribution is 5.99. The fourth-order valence-corrected chi connectivity index (χ4v) is 3.87. The molecule has 2 N–H and O–H groups in total. The lowest BCUT2D eigenvalue weighted by molar-refractivity contribution is -0.138. The Balaban J connectivity index is 1.38. The van der Waals surface area contributed by atoms with Crippen molar-refractivity contribution in [3.8, 4) is 0 Å². The summed E-state index contributed by atoms with van der Waals surface area (Å²) in [6, 6.07) is 0. The van der Waals surface area contributed by atoms with Crippen LogP contribution in [0.5, 0.6) is 0 Å². The monoisotopic (exact) mass is 364 g/mol. The van der Waals surface area contributed by atoms with Gasteiger partial charge in [-0.1, -0.05) is 51.4 Å². The molecule has 2 atom stereocenters. The number of amides is 4. The molecule has 0 saturated carbocycles. The standard InChI is InChI=1S/C20H32N2O4/c23-17-13-11-15(19(25)21-17)9-7-5-3-1-2-4-6-8-10-16-12-14-18(24)22-20(16)26/h15-16H,1-14H2,(H,21,23,25)(H,22,24,26). The van der Waals surface area contributed by atoms with Crippen LogP contribution in [0.25, 0.3) is 0 Å². The van der Waals surface area contributed by atoms with E-state index in [0.29, 0.717) is 25.7 Å². The highest BCUT2D eigenvalue weighted by atomic mass is 16.2. The van der Waals surface area contributed by atoms with Crippen LogP contribution >= 0.6 is 0 Å². The molecule has 4 amide bonds. The van der Waals surface area contributed by atoms with Gasteiger partial charge in [-0.25, -0.2) is 0 Å². The molecule has 0 aromatic rings. The molecule has 2 aliphatic rings. The number of unbranched alkanes of at least 4 members (excludes halogenated alkanes) is 7. The van der Waals surface area contributed by atoms with Gasteiger partial charge in [-0.2, -0.15) is 0 Å². The van der Waals surface area contributed by atoms with E-state index in [1.165, 1.54) is 25.7 Å². The number of hydrogen-bond donors (Lipinski definition) is 2. The van der Waals surface area contributed by atoms with Crippen LogP contribution in [0.4, 0.5) is 0 Å². The molecule has 0 bridgehead atoms. The van der Waals surface area contributed by atoms with Crippen LogP contribution in [0.1, 0.15) is 89.9 Å². The van der Waals surface area contributed by atoms with E-state index in [1.54, 1.807) is 0 Å². The molecule has 2 aliphatic heterocycles. The molecule has 0 radical (unpaired) electrons. The summed E-state index contributed by atoms with van der Waals surface area (Å²) in [5, 5.41) is 4.84. The van der Waals surface area contributed by atoms with Gasteiger partial charge in [0.1, 0.15) is 0 Å². The van der Waals surface area contributed by atoms with Crippen molar-refractivity contribution in [1.82, 2.24) is 10.6 Å². The van der Waals surface area contributed by atoms with Gasteiger partial charge >= 0.3 is 0 Å². The van der Waals surface area contributed by atoms with Gasteiger partial charge in [0.25, 0.3) is 0 Å². The van der Waals surface area contributed by atoms with Crippen molar-refractivity contribution in [3.05, 3.63) is 0 Å². The third kappa shape index (κ3) is 7.26. The van der Waals surface area contributed by atoms with Gasteiger partial charge in [0, 0.05) is 24.7 Å². The molecule has 2 heterocycles. The fraction of sp³-hybridized carbons (Fsp3) is 0.800. The third-order valence-corrected chi connectivity index (χ3v) is 5.56. The van der Waals surface area contributed by atoms with E-state index >= 15 is 0 Å². The van der Waals surface area contributed by atoms with E-state index in [4.69, 9.17) is 0 Å². The highest BCUT2D eigenvalue weighted by Gasteiger charge is 2.26. The Morgan fingerprint density at radius 2 is 0.923 bits per heavy atom. The fourth-order valence-electron chi connectivity index (χ4n) is 3.87. The average molecular weight is 364 g/mol. The van der Waals surface area contributed by atoms with Crippen LogP contribution in [-0.2, 0) is 19.2 Å². The van der Waals surface area contributed by atoms with Gasteiger partial charge in [0.05, 0.1) is 0 Å². The van der Waals surface area contributed by atoms with Gasteiger partial charge in [-0.3, -0.25) is 29.8 Å². The van der Waals surface area contributed by atoms with Gasteiger partial charge < -0.3 is 0 Å². The number of nitrogens with one attached hydrogen (secondary N) is 2. The van der Waals surface area contributed by atoms with Crippen molar-refractivity contribution < 1.29 is 19.2 Å². The number of carbonyl (C=O) groups is 4. The van der Waals surface area contributed by atoms with E-state index in [-0.39, 0.29) is 35.5 Å². The Bertz CT molecular complexity index is 472. The van der Waals surface area contributed by atoms with Crippen LogP contribution < -0.4 is 10.6 Å². The maximum absolute atomic E-state index is 11.6. The third-order valence-electron chi connectivity index (χ3n) is 5.56. The molecule has 0 aromatic heterocycles. The molecule has 0 aromatic carbocycles. The van der Waals surface area contributed by atoms with E-state index in [1.807, 2.05) is 0 Å². The van der Waals surface area contributed by atoms with Crippen molar-refractivity contribution in [2.45, 2.75) is 89.9 Å². The predicted molar refractivity (Wildman–Crippen MR) is 97.9 cm³/mol. The molecule has 2 saturated heterocycles. The molecular formula is C20H32N2O4. The molecule has 0 aliphatic carbocycles. The van der Waals surface area contributed by atoms with Crippen LogP contribution in [0.15, 0.2) is 0 Å². The molecule has 146 valence electrons. The minimum atomic E-state index is -0.135. The minimum absolute atomic E-state index is 0.0278. The summed E-state index contributed by atoms with van der Waals surface area (Å²) >= 11 is 0.